The van der Waals surface area contributed by atoms with Gasteiger partial charge in [-0.3, -0.25) is 4.90 Å². The Labute approximate surface area is 145 Å². The summed E-state index contributed by atoms with van der Waals surface area (Å²) in [7, 11) is 0. The summed E-state index contributed by atoms with van der Waals surface area (Å²) in [6.45, 7) is 8.18. The van der Waals surface area contributed by atoms with Crippen LogP contribution in [-0.2, 0) is 11.2 Å². The number of benzene rings is 1. The number of nitrogens with zero attached hydrogens (tertiary/aromatic N) is 1. The van der Waals surface area contributed by atoms with Crippen molar-refractivity contribution in [2.24, 2.45) is 5.92 Å². The van der Waals surface area contributed by atoms with Crippen LogP contribution in [-0.4, -0.2) is 54.6 Å². The van der Waals surface area contributed by atoms with Gasteiger partial charge in [-0.05, 0) is 56.8 Å². The number of hydrogen-bond donors (Lipinski definition) is 1. The lowest BCUT2D eigenvalue weighted by atomic mass is 9.79. The Kier molecular flexibility index (Phi) is 5.80. The van der Waals surface area contributed by atoms with Gasteiger partial charge in [0.05, 0.1) is 12.2 Å². The first-order valence-electron chi connectivity index (χ1n) is 9.36. The second-order valence-electron chi connectivity index (χ2n) is 7.38. The van der Waals surface area contributed by atoms with Gasteiger partial charge in [0.2, 0.25) is 0 Å². The molecule has 4 heteroatoms. The first-order chi connectivity index (χ1) is 11.6. The molecular formula is C20H31NO3. The molecule has 0 amide bonds. The Hall–Kier alpha value is -1.10. The topological polar surface area (TPSA) is 41.9 Å². The van der Waals surface area contributed by atoms with E-state index in [1.807, 2.05) is 13.0 Å². The van der Waals surface area contributed by atoms with Crippen LogP contribution in [0.3, 0.4) is 0 Å². The number of ether oxygens (including phenoxy) is 2. The predicted octanol–water partition coefficient (Wildman–Crippen LogP) is 2.88. The fourth-order valence-corrected chi connectivity index (χ4v) is 4.10. The molecule has 1 N–H and O–H groups in total. The monoisotopic (exact) mass is 333 g/mol. The van der Waals surface area contributed by atoms with E-state index >= 15 is 0 Å². The average Bonchev–Trinajstić information content (AvgIpc) is 3.03. The maximum absolute atomic E-state index is 10.7. The number of hydrogen-bond acceptors (Lipinski definition) is 4. The molecule has 2 aliphatic heterocycles. The molecule has 0 aliphatic carbocycles. The van der Waals surface area contributed by atoms with Gasteiger partial charge in [0.25, 0.3) is 0 Å². The average molecular weight is 333 g/mol. The molecule has 1 aromatic carbocycles. The zero-order valence-corrected chi connectivity index (χ0v) is 15.0. The van der Waals surface area contributed by atoms with E-state index in [4.69, 9.17) is 9.47 Å². The van der Waals surface area contributed by atoms with Gasteiger partial charge in [0, 0.05) is 25.1 Å². The lowest BCUT2D eigenvalue weighted by Gasteiger charge is -2.43. The molecule has 2 saturated heterocycles. The molecule has 3 atom stereocenters. The van der Waals surface area contributed by atoms with Crippen molar-refractivity contribution in [3.63, 3.8) is 0 Å². The number of aryl methyl sites for hydroxylation is 1. The lowest BCUT2D eigenvalue weighted by Crippen LogP contribution is -2.53. The highest BCUT2D eigenvalue weighted by atomic mass is 16.5. The maximum Gasteiger partial charge on any atom is 0.119 e. The van der Waals surface area contributed by atoms with Crippen LogP contribution in [0, 0.1) is 5.92 Å². The van der Waals surface area contributed by atoms with E-state index in [-0.39, 0.29) is 5.92 Å². The fourth-order valence-electron chi connectivity index (χ4n) is 4.10. The Morgan fingerprint density at radius 2 is 2.29 bits per heavy atom. The lowest BCUT2D eigenvalue weighted by molar-refractivity contribution is -0.123. The zero-order chi connectivity index (χ0) is 17.0. The van der Waals surface area contributed by atoms with Crippen molar-refractivity contribution in [2.45, 2.75) is 51.2 Å². The minimum atomic E-state index is -0.609. The quantitative estimate of drug-likeness (QED) is 0.869. The van der Waals surface area contributed by atoms with Crippen LogP contribution in [0.2, 0.25) is 0 Å². The highest BCUT2D eigenvalue weighted by molar-refractivity contribution is 5.28. The molecule has 0 saturated carbocycles. The number of likely N-dealkylation sites (tertiary alicyclic amines) is 1. The second-order valence-corrected chi connectivity index (χ2v) is 7.38. The third-order valence-corrected chi connectivity index (χ3v) is 5.68. The van der Waals surface area contributed by atoms with E-state index in [9.17, 15) is 5.11 Å². The summed E-state index contributed by atoms with van der Waals surface area (Å²) in [6.07, 6.45) is 4.11. The van der Waals surface area contributed by atoms with Crippen molar-refractivity contribution < 1.29 is 14.6 Å². The number of rotatable bonds is 6. The molecule has 2 fully saturated rings. The molecule has 134 valence electrons. The summed E-state index contributed by atoms with van der Waals surface area (Å²) in [6, 6.07) is 8.75. The first-order valence-corrected chi connectivity index (χ1v) is 9.36. The van der Waals surface area contributed by atoms with E-state index in [1.54, 1.807) is 0 Å². The van der Waals surface area contributed by atoms with Crippen LogP contribution in [0.15, 0.2) is 24.3 Å². The van der Waals surface area contributed by atoms with Crippen molar-refractivity contribution in [1.82, 2.24) is 4.90 Å². The van der Waals surface area contributed by atoms with Crippen LogP contribution < -0.4 is 4.74 Å². The van der Waals surface area contributed by atoms with Gasteiger partial charge in [0.1, 0.15) is 12.4 Å². The standard InChI is InChI=1S/C20H31NO3/c1-3-16-6-4-7-17(14-16)24-13-11-21-10-5-8-19(21)18-15-23-12-9-20(18,2)22/h4,6-7,14,18-19,22H,3,5,8-13,15H2,1-2H3. The molecule has 0 radical (unpaired) electrons. The summed E-state index contributed by atoms with van der Waals surface area (Å²) in [5.74, 6) is 1.16. The minimum absolute atomic E-state index is 0.206. The van der Waals surface area contributed by atoms with E-state index in [2.05, 4.69) is 30.0 Å². The van der Waals surface area contributed by atoms with Crippen LogP contribution in [0.5, 0.6) is 5.75 Å². The predicted molar refractivity (Wildman–Crippen MR) is 95.5 cm³/mol. The van der Waals surface area contributed by atoms with Crippen molar-refractivity contribution in [3.05, 3.63) is 29.8 Å². The summed E-state index contributed by atoms with van der Waals surface area (Å²) in [5.41, 5.74) is 0.698. The minimum Gasteiger partial charge on any atom is -0.492 e. The molecule has 2 heterocycles. The summed E-state index contributed by atoms with van der Waals surface area (Å²) < 4.78 is 11.6. The van der Waals surface area contributed by atoms with Gasteiger partial charge < -0.3 is 14.6 Å². The third-order valence-electron chi connectivity index (χ3n) is 5.68. The van der Waals surface area contributed by atoms with Crippen LogP contribution in [0.25, 0.3) is 0 Å². The molecule has 4 nitrogen and oxygen atoms in total. The molecule has 1 aromatic rings. The van der Waals surface area contributed by atoms with Crippen molar-refractivity contribution >= 4 is 0 Å². The van der Waals surface area contributed by atoms with Crippen molar-refractivity contribution in [3.8, 4) is 5.75 Å². The van der Waals surface area contributed by atoms with Gasteiger partial charge in [-0.15, -0.1) is 0 Å². The Balaban J connectivity index is 1.54. The zero-order valence-electron chi connectivity index (χ0n) is 15.0. The van der Waals surface area contributed by atoms with E-state index in [0.717, 1.165) is 38.1 Å². The fraction of sp³-hybridized carbons (Fsp3) is 0.700. The largest absolute Gasteiger partial charge is 0.492 e. The van der Waals surface area contributed by atoms with E-state index in [1.165, 1.54) is 12.0 Å². The molecule has 3 unspecified atom stereocenters. The van der Waals surface area contributed by atoms with E-state index < -0.39 is 5.60 Å². The highest BCUT2D eigenvalue weighted by Crippen LogP contribution is 2.35. The van der Waals surface area contributed by atoms with Gasteiger partial charge in [-0.2, -0.15) is 0 Å². The van der Waals surface area contributed by atoms with Gasteiger partial charge >= 0.3 is 0 Å². The Bertz CT molecular complexity index is 531. The Morgan fingerprint density at radius 1 is 1.42 bits per heavy atom. The van der Waals surface area contributed by atoms with Gasteiger partial charge in [-0.1, -0.05) is 19.1 Å². The molecular weight excluding hydrogens is 302 g/mol. The van der Waals surface area contributed by atoms with Gasteiger partial charge in [0.15, 0.2) is 0 Å². The molecule has 0 aromatic heterocycles. The molecule has 24 heavy (non-hydrogen) atoms. The molecule has 0 spiro atoms. The van der Waals surface area contributed by atoms with Crippen LogP contribution in [0.1, 0.15) is 38.7 Å². The summed E-state index contributed by atoms with van der Waals surface area (Å²) in [4.78, 5) is 2.48. The van der Waals surface area contributed by atoms with Crippen LogP contribution in [0.4, 0.5) is 0 Å². The highest BCUT2D eigenvalue weighted by Gasteiger charge is 2.43. The smallest absolute Gasteiger partial charge is 0.119 e. The SMILES string of the molecule is CCc1cccc(OCCN2CCCC2C2COCCC2(C)O)c1. The summed E-state index contributed by atoms with van der Waals surface area (Å²) >= 11 is 0. The Morgan fingerprint density at radius 3 is 3.08 bits per heavy atom. The molecule has 3 rings (SSSR count). The van der Waals surface area contributed by atoms with E-state index in [0.29, 0.717) is 25.9 Å². The normalized spacial score (nSPS) is 31.3. The third kappa shape index (κ3) is 4.11. The summed E-state index contributed by atoms with van der Waals surface area (Å²) in [5, 5.41) is 10.7. The van der Waals surface area contributed by atoms with Crippen LogP contribution >= 0.6 is 0 Å². The second kappa shape index (κ2) is 7.85. The molecule has 0 bridgehead atoms. The molecule has 2 aliphatic rings. The van der Waals surface area contributed by atoms with Gasteiger partial charge in [-0.25, -0.2) is 0 Å². The maximum atomic E-state index is 10.7. The number of aliphatic hydroxyl groups is 1. The van der Waals surface area contributed by atoms with Crippen molar-refractivity contribution in [2.75, 3.05) is 32.9 Å². The van der Waals surface area contributed by atoms with Crippen molar-refractivity contribution in [1.29, 1.82) is 0 Å². The first kappa shape index (κ1) is 17.7.